The molecule has 9 nitrogen and oxygen atoms in total. The summed E-state index contributed by atoms with van der Waals surface area (Å²) in [6.07, 6.45) is 0.0697. The number of hydrogen-bond donors (Lipinski definition) is 0. The molecule has 0 radical (unpaired) electrons. The van der Waals surface area contributed by atoms with Crippen LogP contribution < -0.4 is 0 Å². The number of nitrogens with zero attached hydrogens (tertiary/aromatic N) is 3. The molecule has 0 atom stereocenters. The number of non-ortho nitro benzene ring substituents is 1. The van der Waals surface area contributed by atoms with Gasteiger partial charge in [0.15, 0.2) is 0 Å². The molecule has 1 saturated heterocycles. The van der Waals surface area contributed by atoms with E-state index in [0.29, 0.717) is 26.3 Å². The average Bonchev–Trinajstić information content (AvgIpc) is 2.68. The summed E-state index contributed by atoms with van der Waals surface area (Å²) in [5.41, 5.74) is 0.0861. The van der Waals surface area contributed by atoms with Gasteiger partial charge in [0.05, 0.1) is 31.7 Å². The van der Waals surface area contributed by atoms with Crippen LogP contribution in [0.15, 0.2) is 24.3 Å². The Morgan fingerprint density at radius 3 is 2.69 bits per heavy atom. The molecular weight excluding hydrogens is 342 g/mol. The van der Waals surface area contributed by atoms with E-state index in [2.05, 4.69) is 9.64 Å². The molecule has 1 aliphatic rings. The number of morpholine rings is 1. The van der Waals surface area contributed by atoms with Gasteiger partial charge in [0.1, 0.15) is 0 Å². The van der Waals surface area contributed by atoms with Crippen molar-refractivity contribution in [1.82, 2.24) is 9.80 Å². The van der Waals surface area contributed by atoms with Gasteiger partial charge in [-0.05, 0) is 6.07 Å². The predicted octanol–water partition coefficient (Wildman–Crippen LogP) is 0.932. The molecule has 1 aromatic carbocycles. The fourth-order valence-corrected chi connectivity index (χ4v) is 2.67. The number of carbonyl (C=O) groups is 2. The standard InChI is InChI=1S/C17H23N3O6/c1-25-16(21)5-6-19(8-7-18-9-11-26-12-10-18)17(22)14-3-2-4-15(13-14)20(23)24/h2-4,13H,5-12H2,1H3. The van der Waals surface area contributed by atoms with E-state index in [-0.39, 0.29) is 30.1 Å². The van der Waals surface area contributed by atoms with Gasteiger partial charge in [-0.15, -0.1) is 0 Å². The summed E-state index contributed by atoms with van der Waals surface area (Å²) < 4.78 is 9.94. The number of rotatable bonds is 8. The van der Waals surface area contributed by atoms with Crippen molar-refractivity contribution in [3.63, 3.8) is 0 Å². The molecule has 1 aromatic rings. The monoisotopic (exact) mass is 365 g/mol. The van der Waals surface area contributed by atoms with Crippen LogP contribution in [0.4, 0.5) is 5.69 Å². The van der Waals surface area contributed by atoms with Crippen LogP contribution in [-0.2, 0) is 14.3 Å². The second kappa shape index (κ2) is 9.83. The zero-order valence-electron chi connectivity index (χ0n) is 14.8. The molecule has 142 valence electrons. The molecule has 0 aromatic heterocycles. The maximum atomic E-state index is 12.8. The highest BCUT2D eigenvalue weighted by Crippen LogP contribution is 2.15. The first-order valence-electron chi connectivity index (χ1n) is 8.42. The molecule has 0 saturated carbocycles. The van der Waals surface area contributed by atoms with Gasteiger partial charge in [-0.1, -0.05) is 6.07 Å². The Bertz CT molecular complexity index is 645. The average molecular weight is 365 g/mol. The highest BCUT2D eigenvalue weighted by molar-refractivity contribution is 5.95. The van der Waals surface area contributed by atoms with E-state index in [4.69, 9.17) is 4.74 Å². The molecule has 1 fully saturated rings. The number of hydrogen-bond acceptors (Lipinski definition) is 7. The largest absolute Gasteiger partial charge is 0.469 e. The quantitative estimate of drug-likeness (QED) is 0.384. The normalized spacial score (nSPS) is 14.7. The van der Waals surface area contributed by atoms with Crippen molar-refractivity contribution in [3.05, 3.63) is 39.9 Å². The third kappa shape index (κ3) is 5.78. The molecule has 1 aliphatic heterocycles. The Hall–Kier alpha value is -2.52. The maximum absolute atomic E-state index is 12.8. The van der Waals surface area contributed by atoms with Crippen LogP contribution in [0, 0.1) is 10.1 Å². The smallest absolute Gasteiger partial charge is 0.307 e. The summed E-state index contributed by atoms with van der Waals surface area (Å²) in [5, 5.41) is 10.9. The number of nitro benzene ring substituents is 1. The molecule has 0 aliphatic carbocycles. The third-order valence-corrected chi connectivity index (χ3v) is 4.19. The lowest BCUT2D eigenvalue weighted by Crippen LogP contribution is -2.43. The van der Waals surface area contributed by atoms with Crippen molar-refractivity contribution in [3.8, 4) is 0 Å². The van der Waals surface area contributed by atoms with Crippen LogP contribution >= 0.6 is 0 Å². The fourth-order valence-electron chi connectivity index (χ4n) is 2.67. The SMILES string of the molecule is COC(=O)CCN(CCN1CCOCC1)C(=O)c1cccc([N+](=O)[O-])c1. The molecule has 1 amide bonds. The van der Waals surface area contributed by atoms with Gasteiger partial charge >= 0.3 is 5.97 Å². The van der Waals surface area contributed by atoms with Crippen LogP contribution in [0.1, 0.15) is 16.8 Å². The number of amides is 1. The first-order valence-corrected chi connectivity index (χ1v) is 8.42. The van der Waals surface area contributed by atoms with Gasteiger partial charge < -0.3 is 14.4 Å². The van der Waals surface area contributed by atoms with E-state index in [1.165, 1.54) is 36.3 Å². The minimum absolute atomic E-state index is 0.0697. The lowest BCUT2D eigenvalue weighted by molar-refractivity contribution is -0.384. The molecular formula is C17H23N3O6. The maximum Gasteiger partial charge on any atom is 0.307 e. The van der Waals surface area contributed by atoms with Crippen molar-refractivity contribution in [1.29, 1.82) is 0 Å². The van der Waals surface area contributed by atoms with Gasteiger partial charge in [0.25, 0.3) is 11.6 Å². The number of methoxy groups -OCH3 is 1. The van der Waals surface area contributed by atoms with Crippen LogP contribution in [0.3, 0.4) is 0 Å². The van der Waals surface area contributed by atoms with Crippen LogP contribution in [0.2, 0.25) is 0 Å². The Labute approximate surface area is 151 Å². The first kappa shape index (κ1) is 19.8. The summed E-state index contributed by atoms with van der Waals surface area (Å²) in [7, 11) is 1.29. The summed E-state index contributed by atoms with van der Waals surface area (Å²) in [5.74, 6) is -0.751. The minimum Gasteiger partial charge on any atom is -0.469 e. The summed E-state index contributed by atoms with van der Waals surface area (Å²) in [6, 6.07) is 5.60. The lowest BCUT2D eigenvalue weighted by atomic mass is 10.1. The number of carbonyl (C=O) groups excluding carboxylic acids is 2. The molecule has 0 unspecified atom stereocenters. The van der Waals surface area contributed by atoms with Gasteiger partial charge in [0.2, 0.25) is 0 Å². The van der Waals surface area contributed by atoms with Crippen LogP contribution in [0.25, 0.3) is 0 Å². The topological polar surface area (TPSA) is 102 Å². The molecule has 26 heavy (non-hydrogen) atoms. The lowest BCUT2D eigenvalue weighted by Gasteiger charge is -2.30. The highest BCUT2D eigenvalue weighted by Gasteiger charge is 2.21. The Morgan fingerprint density at radius 1 is 1.31 bits per heavy atom. The zero-order chi connectivity index (χ0) is 18.9. The van der Waals surface area contributed by atoms with E-state index >= 15 is 0 Å². The number of ether oxygens (including phenoxy) is 2. The molecule has 1 heterocycles. The van der Waals surface area contributed by atoms with Crippen molar-refractivity contribution >= 4 is 17.6 Å². The second-order valence-electron chi connectivity index (χ2n) is 5.88. The van der Waals surface area contributed by atoms with Gasteiger partial charge in [-0.3, -0.25) is 24.6 Å². The fraction of sp³-hybridized carbons (Fsp3) is 0.529. The number of benzene rings is 1. The van der Waals surface area contributed by atoms with Crippen molar-refractivity contribution < 1.29 is 24.0 Å². The van der Waals surface area contributed by atoms with E-state index in [9.17, 15) is 19.7 Å². The molecule has 9 heteroatoms. The number of nitro groups is 1. The Morgan fingerprint density at radius 2 is 2.04 bits per heavy atom. The summed E-state index contributed by atoms with van der Waals surface area (Å²) in [6.45, 7) is 4.13. The number of esters is 1. The molecule has 2 rings (SSSR count). The van der Waals surface area contributed by atoms with E-state index in [1.807, 2.05) is 0 Å². The molecule has 0 spiro atoms. The second-order valence-corrected chi connectivity index (χ2v) is 5.88. The summed E-state index contributed by atoms with van der Waals surface area (Å²) >= 11 is 0. The highest BCUT2D eigenvalue weighted by atomic mass is 16.6. The first-order chi connectivity index (χ1) is 12.5. The van der Waals surface area contributed by atoms with Gasteiger partial charge in [-0.2, -0.15) is 0 Å². The third-order valence-electron chi connectivity index (χ3n) is 4.19. The van der Waals surface area contributed by atoms with Crippen LogP contribution in [-0.4, -0.2) is 79.6 Å². The van der Waals surface area contributed by atoms with Crippen molar-refractivity contribution in [2.75, 3.05) is 53.0 Å². The Balaban J connectivity index is 2.07. The molecule has 0 bridgehead atoms. The van der Waals surface area contributed by atoms with E-state index < -0.39 is 10.9 Å². The zero-order valence-corrected chi connectivity index (χ0v) is 14.8. The van der Waals surface area contributed by atoms with Gasteiger partial charge in [0, 0.05) is 50.4 Å². The molecule has 0 N–H and O–H groups in total. The van der Waals surface area contributed by atoms with Crippen LogP contribution in [0.5, 0.6) is 0 Å². The predicted molar refractivity (Wildman–Crippen MR) is 92.9 cm³/mol. The van der Waals surface area contributed by atoms with Crippen molar-refractivity contribution in [2.45, 2.75) is 6.42 Å². The Kier molecular flexibility index (Phi) is 7.49. The van der Waals surface area contributed by atoms with Gasteiger partial charge in [-0.25, -0.2) is 0 Å². The summed E-state index contributed by atoms with van der Waals surface area (Å²) in [4.78, 5) is 38.4. The van der Waals surface area contributed by atoms with E-state index in [1.54, 1.807) is 0 Å². The van der Waals surface area contributed by atoms with E-state index in [0.717, 1.165) is 13.1 Å². The minimum atomic E-state index is -0.538. The van der Waals surface area contributed by atoms with Crippen molar-refractivity contribution in [2.24, 2.45) is 0 Å².